The highest BCUT2D eigenvalue weighted by Crippen LogP contribution is 2.47. The van der Waals surface area contributed by atoms with Crippen LogP contribution < -0.4 is 39.9 Å². The number of ether oxygens (including phenoxy) is 7. The van der Waals surface area contributed by atoms with Gasteiger partial charge >= 0.3 is 18.3 Å². The molecule has 3 aromatic carbocycles. The first-order valence-electron chi connectivity index (χ1n) is 17.4. The van der Waals surface area contributed by atoms with Crippen LogP contribution in [0.4, 0.5) is 14.4 Å². The van der Waals surface area contributed by atoms with Gasteiger partial charge in [-0.05, 0) is 54.8 Å². The van der Waals surface area contributed by atoms with Crippen molar-refractivity contribution in [3.8, 4) is 40.0 Å². The van der Waals surface area contributed by atoms with Gasteiger partial charge < -0.3 is 58.4 Å². The van der Waals surface area contributed by atoms with E-state index in [2.05, 4.69) is 15.4 Å². The first-order valence-corrected chi connectivity index (χ1v) is 17.4. The molecule has 2 heterocycles. The van der Waals surface area contributed by atoms with Gasteiger partial charge in [-0.15, -0.1) is 0 Å². The average Bonchev–Trinajstić information content (AvgIpc) is 3.77. The molecule has 0 spiro atoms. The molecule has 1 aliphatic heterocycles. The minimum Gasteiger partial charge on any atom is -0.493 e. The Hall–Kier alpha value is -6.49. The summed E-state index contributed by atoms with van der Waals surface area (Å²) in [5.41, 5.74) is 1.87. The Morgan fingerprint density at radius 1 is 0.836 bits per heavy atom. The van der Waals surface area contributed by atoms with Gasteiger partial charge in [0.25, 0.3) is 5.56 Å². The number of aromatic nitrogens is 1. The molecule has 0 fully saturated rings. The van der Waals surface area contributed by atoms with E-state index in [0.717, 1.165) is 0 Å². The van der Waals surface area contributed by atoms with Crippen LogP contribution >= 0.6 is 0 Å². The highest BCUT2D eigenvalue weighted by molar-refractivity contribution is 6.27. The third-order valence-corrected chi connectivity index (χ3v) is 9.03. The van der Waals surface area contributed by atoms with Gasteiger partial charge in [-0.2, -0.15) is 0 Å². The monoisotopic (exact) mass is 760 g/mol. The number of ketones is 1. The number of pyridine rings is 1. The fourth-order valence-corrected chi connectivity index (χ4v) is 6.37. The number of nitrogens with one attached hydrogen (secondary N) is 2. The lowest BCUT2D eigenvalue weighted by Crippen LogP contribution is -2.36. The number of hydrogen-bond acceptors (Lipinski definition) is 13. The number of carbonyl (C=O) groups is 4. The Morgan fingerprint density at radius 2 is 1.49 bits per heavy atom. The van der Waals surface area contributed by atoms with Crippen molar-refractivity contribution in [3.63, 3.8) is 0 Å². The Labute approximate surface area is 314 Å². The standard InChI is InChI=1S/C38H40N4O13/c1-49-28-16-24-27(19-29(28)50-2)35(45)42(33-25-17-30-31(54-21-53-30)18-26(25)34(44)32(24)33)13-5-12-41(14-15-43)38(48)52-20-22-6-8-23(9-7-22)55-37(47)40-11-4-10-39-36(46)51-3/h6-9,16-19,43H,4-5,10-15,20-21H2,1-3H3,(H,39,46)(H,40,47). The number of aliphatic hydroxyl groups is 1. The van der Waals surface area contributed by atoms with Crippen molar-refractivity contribution in [1.29, 1.82) is 0 Å². The molecule has 3 N–H and O–H groups in total. The molecule has 1 aromatic heterocycles. The van der Waals surface area contributed by atoms with E-state index in [0.29, 0.717) is 69.3 Å². The number of amides is 3. The summed E-state index contributed by atoms with van der Waals surface area (Å²) >= 11 is 0. The van der Waals surface area contributed by atoms with E-state index in [1.54, 1.807) is 48.5 Å². The third-order valence-electron chi connectivity index (χ3n) is 9.03. The van der Waals surface area contributed by atoms with Crippen LogP contribution in [0.3, 0.4) is 0 Å². The number of rotatable bonds is 15. The number of methoxy groups -OCH3 is 3. The van der Waals surface area contributed by atoms with Crippen LogP contribution in [0.25, 0.3) is 22.0 Å². The molecule has 1 aliphatic carbocycles. The summed E-state index contributed by atoms with van der Waals surface area (Å²) in [5, 5.41) is 15.5. The molecule has 0 saturated carbocycles. The normalized spacial score (nSPS) is 12.1. The number of benzene rings is 3. The molecule has 0 atom stereocenters. The second-order valence-electron chi connectivity index (χ2n) is 12.4. The van der Waals surface area contributed by atoms with Crippen molar-refractivity contribution in [1.82, 2.24) is 20.1 Å². The van der Waals surface area contributed by atoms with Crippen molar-refractivity contribution in [2.75, 3.05) is 60.9 Å². The zero-order chi connectivity index (χ0) is 39.1. The number of hydrogen-bond donors (Lipinski definition) is 3. The molecule has 55 heavy (non-hydrogen) atoms. The van der Waals surface area contributed by atoms with Crippen LogP contribution in [0.15, 0.2) is 53.3 Å². The summed E-state index contributed by atoms with van der Waals surface area (Å²) in [7, 11) is 4.19. The quantitative estimate of drug-likeness (QED) is 0.130. The summed E-state index contributed by atoms with van der Waals surface area (Å²) in [6.07, 6.45) is -1.17. The number of carbonyl (C=O) groups excluding carboxylic acids is 4. The Balaban J connectivity index is 1.12. The van der Waals surface area contributed by atoms with Gasteiger partial charge in [-0.3, -0.25) is 9.59 Å². The van der Waals surface area contributed by atoms with Crippen molar-refractivity contribution in [2.45, 2.75) is 26.0 Å². The summed E-state index contributed by atoms with van der Waals surface area (Å²) in [5.74, 6) is 1.55. The second-order valence-corrected chi connectivity index (χ2v) is 12.4. The van der Waals surface area contributed by atoms with Crippen LogP contribution in [-0.2, 0) is 22.6 Å². The Bertz CT molecular complexity index is 2170. The fraction of sp³-hybridized carbons (Fsp3) is 0.342. The maximum atomic E-state index is 14.2. The number of fused-ring (bicyclic) bond motifs is 6. The molecule has 4 aromatic rings. The molecule has 17 nitrogen and oxygen atoms in total. The van der Waals surface area contributed by atoms with Gasteiger partial charge in [0, 0.05) is 49.2 Å². The van der Waals surface area contributed by atoms with Crippen LogP contribution in [0.5, 0.6) is 28.7 Å². The van der Waals surface area contributed by atoms with E-state index in [-0.39, 0.29) is 75.1 Å². The molecular weight excluding hydrogens is 720 g/mol. The molecule has 17 heteroatoms. The second kappa shape index (κ2) is 17.1. The lowest BCUT2D eigenvalue weighted by Gasteiger charge is -2.22. The molecule has 0 saturated heterocycles. The minimum absolute atomic E-state index is 0.0111. The fourth-order valence-electron chi connectivity index (χ4n) is 6.37. The van der Waals surface area contributed by atoms with E-state index in [1.165, 1.54) is 30.8 Å². The lowest BCUT2D eigenvalue weighted by atomic mass is 10.0. The molecule has 0 unspecified atom stereocenters. The molecule has 3 amide bonds. The Morgan fingerprint density at radius 3 is 2.15 bits per heavy atom. The van der Waals surface area contributed by atoms with E-state index < -0.39 is 18.3 Å². The van der Waals surface area contributed by atoms with Gasteiger partial charge in [0.15, 0.2) is 28.8 Å². The zero-order valence-corrected chi connectivity index (χ0v) is 30.4. The van der Waals surface area contributed by atoms with Crippen LogP contribution in [0.1, 0.15) is 34.3 Å². The largest absolute Gasteiger partial charge is 0.493 e. The van der Waals surface area contributed by atoms with Crippen molar-refractivity contribution in [2.24, 2.45) is 0 Å². The SMILES string of the molecule is COC(=O)NCCCNC(=O)Oc1ccc(COC(=O)N(CCO)CCCn2c3c(c4cc(OC)c(OC)cc4c2=O)C(=O)c2cc4c(cc2-3)OCO4)cc1. The van der Waals surface area contributed by atoms with Crippen molar-refractivity contribution in [3.05, 3.63) is 75.6 Å². The van der Waals surface area contributed by atoms with Gasteiger partial charge in [0.2, 0.25) is 6.79 Å². The molecule has 290 valence electrons. The van der Waals surface area contributed by atoms with Crippen LogP contribution in [-0.4, -0.2) is 99.5 Å². The first kappa shape index (κ1) is 38.2. The highest BCUT2D eigenvalue weighted by Gasteiger charge is 2.36. The van der Waals surface area contributed by atoms with Crippen LogP contribution in [0.2, 0.25) is 0 Å². The van der Waals surface area contributed by atoms with Gasteiger partial charge in [0.1, 0.15) is 12.4 Å². The van der Waals surface area contributed by atoms with Crippen LogP contribution in [0, 0.1) is 0 Å². The zero-order valence-electron chi connectivity index (χ0n) is 30.4. The topological polar surface area (TPSA) is 202 Å². The maximum Gasteiger partial charge on any atom is 0.412 e. The minimum atomic E-state index is -0.684. The first-order chi connectivity index (χ1) is 26.7. The van der Waals surface area contributed by atoms with E-state index in [9.17, 15) is 29.1 Å². The third kappa shape index (κ3) is 8.21. The summed E-state index contributed by atoms with van der Waals surface area (Å²) in [6.45, 7) is 0.386. The lowest BCUT2D eigenvalue weighted by molar-refractivity contribution is 0.0876. The summed E-state index contributed by atoms with van der Waals surface area (Å²) < 4.78 is 38.8. The van der Waals surface area contributed by atoms with Gasteiger partial charge in [0.05, 0.1) is 44.6 Å². The molecule has 6 rings (SSSR count). The number of alkyl carbamates (subject to hydrolysis) is 1. The van der Waals surface area contributed by atoms with Crippen molar-refractivity contribution < 1.29 is 57.4 Å². The summed E-state index contributed by atoms with van der Waals surface area (Å²) in [6, 6.07) is 12.9. The number of aliphatic hydroxyl groups excluding tert-OH is 1. The smallest absolute Gasteiger partial charge is 0.412 e. The van der Waals surface area contributed by atoms with Gasteiger partial charge in [-0.25, -0.2) is 14.4 Å². The van der Waals surface area contributed by atoms with E-state index in [1.807, 2.05) is 0 Å². The van der Waals surface area contributed by atoms with Gasteiger partial charge in [-0.1, -0.05) is 12.1 Å². The van der Waals surface area contributed by atoms with E-state index >= 15 is 0 Å². The highest BCUT2D eigenvalue weighted by atomic mass is 16.7. The molecule has 0 radical (unpaired) electrons. The maximum absolute atomic E-state index is 14.2. The molecule has 2 aliphatic rings. The Kier molecular flexibility index (Phi) is 11.9. The predicted molar refractivity (Wildman–Crippen MR) is 195 cm³/mol. The molecule has 0 bridgehead atoms. The predicted octanol–water partition coefficient (Wildman–Crippen LogP) is 3.81. The average molecular weight is 761 g/mol. The van der Waals surface area contributed by atoms with E-state index in [4.69, 9.17) is 28.4 Å². The van der Waals surface area contributed by atoms with Crippen molar-refractivity contribution >= 4 is 34.8 Å². The molecular formula is C38H40N4O13. The summed E-state index contributed by atoms with van der Waals surface area (Å²) in [4.78, 5) is 65.8. The number of nitrogens with zero attached hydrogens (tertiary/aromatic N) is 2.